The molecule has 44 heavy (non-hydrogen) atoms. The molecule has 0 saturated heterocycles. The highest BCUT2D eigenvalue weighted by molar-refractivity contribution is 7.09. The molecule has 11 heteroatoms. The average molecular weight is 624 g/mol. The lowest BCUT2D eigenvalue weighted by atomic mass is 9.93. The molecule has 3 aromatic rings. The lowest BCUT2D eigenvalue weighted by Gasteiger charge is -2.29. The zero-order valence-electron chi connectivity index (χ0n) is 25.9. The minimum atomic E-state index is -1.23. The molecule has 0 saturated carbocycles. The van der Waals surface area contributed by atoms with Crippen LogP contribution in [0.25, 0.3) is 0 Å². The van der Waals surface area contributed by atoms with Gasteiger partial charge in [0.1, 0.15) is 6.04 Å². The fourth-order valence-electron chi connectivity index (χ4n) is 4.95. The molecule has 0 aliphatic heterocycles. The normalized spacial score (nSPS) is 13.9. The van der Waals surface area contributed by atoms with Crippen LogP contribution in [0, 0.1) is 0 Å². The fourth-order valence-corrected chi connectivity index (χ4v) is 5.78. The van der Waals surface area contributed by atoms with Crippen LogP contribution < -0.4 is 16.0 Å². The van der Waals surface area contributed by atoms with Crippen molar-refractivity contribution in [2.24, 2.45) is 0 Å². The van der Waals surface area contributed by atoms with E-state index in [-0.39, 0.29) is 18.4 Å². The number of aliphatic hydroxyl groups excluding tert-OH is 1. The standard InChI is InChI=1S/C33H45N5O5S/c1-5-12-27(36-32(41)38(4)20-26-21-44-31(35-26)22(2)3)30(40)34-25(17-23-13-8-6-9-14-23)19-29(39)28(37-33(42)43)18-24-15-10-7-11-16-24/h6-11,13-16,21-22,25,27-29,37,39H,5,12,17-20H2,1-4H3,(H,34,40)(H,36,41)(H,42,43). The summed E-state index contributed by atoms with van der Waals surface area (Å²) in [5, 5.41) is 32.0. The van der Waals surface area contributed by atoms with E-state index in [1.54, 1.807) is 18.4 Å². The first-order valence-electron chi connectivity index (χ1n) is 15.1. The van der Waals surface area contributed by atoms with Gasteiger partial charge in [-0.2, -0.15) is 0 Å². The zero-order chi connectivity index (χ0) is 32.1. The average Bonchev–Trinajstić information content (AvgIpc) is 3.46. The van der Waals surface area contributed by atoms with Crippen LogP contribution in [0.2, 0.25) is 0 Å². The summed E-state index contributed by atoms with van der Waals surface area (Å²) in [7, 11) is 1.67. The minimum Gasteiger partial charge on any atom is -0.465 e. The number of amides is 4. The first-order valence-corrected chi connectivity index (χ1v) is 15.9. The van der Waals surface area contributed by atoms with Crippen LogP contribution >= 0.6 is 11.3 Å². The summed E-state index contributed by atoms with van der Waals surface area (Å²) in [6.45, 7) is 6.40. The predicted octanol–water partition coefficient (Wildman–Crippen LogP) is 4.93. The van der Waals surface area contributed by atoms with Gasteiger partial charge in [0, 0.05) is 24.4 Å². The van der Waals surface area contributed by atoms with Crippen LogP contribution in [0.4, 0.5) is 9.59 Å². The minimum absolute atomic E-state index is 0.104. The van der Waals surface area contributed by atoms with E-state index in [0.717, 1.165) is 21.8 Å². The van der Waals surface area contributed by atoms with Gasteiger partial charge in [-0.1, -0.05) is 87.9 Å². The van der Waals surface area contributed by atoms with Crippen molar-refractivity contribution in [3.8, 4) is 0 Å². The molecule has 3 rings (SSSR count). The number of carbonyl (C=O) groups is 3. The molecule has 4 amide bonds. The molecule has 5 N–H and O–H groups in total. The predicted molar refractivity (Wildman–Crippen MR) is 173 cm³/mol. The van der Waals surface area contributed by atoms with Crippen LogP contribution in [0.15, 0.2) is 66.0 Å². The molecule has 4 atom stereocenters. The van der Waals surface area contributed by atoms with Crippen molar-refractivity contribution in [1.29, 1.82) is 0 Å². The Morgan fingerprint density at radius 2 is 1.55 bits per heavy atom. The van der Waals surface area contributed by atoms with E-state index in [2.05, 4.69) is 34.8 Å². The Morgan fingerprint density at radius 1 is 0.932 bits per heavy atom. The first-order chi connectivity index (χ1) is 21.0. The van der Waals surface area contributed by atoms with Crippen molar-refractivity contribution in [3.05, 3.63) is 87.9 Å². The Hall–Kier alpha value is -3.96. The van der Waals surface area contributed by atoms with Crippen LogP contribution in [0.1, 0.15) is 67.8 Å². The molecule has 2 aromatic carbocycles. The van der Waals surface area contributed by atoms with Gasteiger partial charge >= 0.3 is 12.1 Å². The number of aliphatic hydroxyl groups is 1. The Balaban J connectivity index is 1.72. The molecule has 0 fully saturated rings. The Kier molecular flexibility index (Phi) is 13.6. The fraction of sp³-hybridized carbons (Fsp3) is 0.455. The number of hydrogen-bond acceptors (Lipinski definition) is 6. The highest BCUT2D eigenvalue weighted by atomic mass is 32.1. The Labute approximate surface area is 263 Å². The number of hydrogen-bond donors (Lipinski definition) is 5. The van der Waals surface area contributed by atoms with E-state index in [0.29, 0.717) is 38.1 Å². The zero-order valence-corrected chi connectivity index (χ0v) is 26.7. The SMILES string of the molecule is CCCC(NC(=O)N(C)Cc1csc(C(C)C)n1)C(=O)NC(Cc1ccccc1)CC(O)C(Cc1ccccc1)NC(=O)O. The molecule has 1 heterocycles. The molecule has 0 spiro atoms. The van der Waals surface area contributed by atoms with Gasteiger partial charge in [0.2, 0.25) is 5.91 Å². The van der Waals surface area contributed by atoms with Crippen molar-refractivity contribution < 1.29 is 24.6 Å². The van der Waals surface area contributed by atoms with Gasteiger partial charge in [-0.3, -0.25) is 4.79 Å². The third-order valence-corrected chi connectivity index (χ3v) is 8.46. The van der Waals surface area contributed by atoms with E-state index < -0.39 is 30.3 Å². The van der Waals surface area contributed by atoms with Gasteiger partial charge in [-0.15, -0.1) is 11.3 Å². The van der Waals surface area contributed by atoms with Crippen molar-refractivity contribution in [2.45, 2.75) is 89.6 Å². The summed E-state index contributed by atoms with van der Waals surface area (Å²) in [5.74, 6) is -0.0512. The lowest BCUT2D eigenvalue weighted by Crippen LogP contribution is -2.54. The number of nitrogens with one attached hydrogen (secondary N) is 3. The lowest BCUT2D eigenvalue weighted by molar-refractivity contribution is -0.124. The summed E-state index contributed by atoms with van der Waals surface area (Å²) < 4.78 is 0. The summed E-state index contributed by atoms with van der Waals surface area (Å²) in [5.41, 5.74) is 2.63. The summed E-state index contributed by atoms with van der Waals surface area (Å²) >= 11 is 1.56. The number of urea groups is 1. The Morgan fingerprint density at radius 3 is 2.09 bits per heavy atom. The van der Waals surface area contributed by atoms with E-state index in [1.165, 1.54) is 4.90 Å². The van der Waals surface area contributed by atoms with Gasteiger partial charge in [0.25, 0.3) is 0 Å². The molecule has 0 bridgehead atoms. The second kappa shape index (κ2) is 17.4. The maximum Gasteiger partial charge on any atom is 0.404 e. The molecule has 4 unspecified atom stereocenters. The van der Waals surface area contributed by atoms with Crippen LogP contribution in [-0.4, -0.2) is 69.4 Å². The van der Waals surface area contributed by atoms with Gasteiger partial charge in [-0.25, -0.2) is 14.6 Å². The monoisotopic (exact) mass is 623 g/mol. The van der Waals surface area contributed by atoms with Crippen LogP contribution in [0.5, 0.6) is 0 Å². The van der Waals surface area contributed by atoms with E-state index in [9.17, 15) is 24.6 Å². The highest BCUT2D eigenvalue weighted by Crippen LogP contribution is 2.20. The van der Waals surface area contributed by atoms with Gasteiger partial charge in [-0.05, 0) is 36.8 Å². The highest BCUT2D eigenvalue weighted by Gasteiger charge is 2.29. The molecular formula is C33H45N5O5S. The van der Waals surface area contributed by atoms with Gasteiger partial charge in [0.05, 0.1) is 29.4 Å². The molecular weight excluding hydrogens is 578 g/mol. The van der Waals surface area contributed by atoms with Crippen LogP contribution in [0.3, 0.4) is 0 Å². The molecule has 0 radical (unpaired) electrons. The van der Waals surface area contributed by atoms with Crippen molar-refractivity contribution in [3.63, 3.8) is 0 Å². The maximum absolute atomic E-state index is 13.6. The molecule has 0 aliphatic carbocycles. The van der Waals surface area contributed by atoms with Crippen molar-refractivity contribution >= 4 is 29.4 Å². The number of thiazole rings is 1. The quantitative estimate of drug-likeness (QED) is 0.153. The number of carboxylic acid groups (broad SMARTS) is 1. The smallest absolute Gasteiger partial charge is 0.404 e. The van der Waals surface area contributed by atoms with Crippen molar-refractivity contribution in [1.82, 2.24) is 25.8 Å². The number of nitrogens with zero attached hydrogens (tertiary/aromatic N) is 2. The van der Waals surface area contributed by atoms with E-state index >= 15 is 0 Å². The molecule has 238 valence electrons. The number of benzene rings is 2. The first kappa shape index (κ1) is 34.5. The van der Waals surface area contributed by atoms with E-state index in [1.807, 2.05) is 73.0 Å². The second-order valence-electron chi connectivity index (χ2n) is 11.4. The number of aromatic nitrogens is 1. The summed E-state index contributed by atoms with van der Waals surface area (Å²) in [6.07, 6.45) is -0.409. The third-order valence-electron chi connectivity index (χ3n) is 7.27. The Bertz CT molecular complexity index is 1320. The van der Waals surface area contributed by atoms with E-state index in [4.69, 9.17) is 0 Å². The third kappa shape index (κ3) is 11.3. The van der Waals surface area contributed by atoms with Crippen LogP contribution in [-0.2, 0) is 24.2 Å². The molecule has 10 nitrogen and oxygen atoms in total. The number of carbonyl (C=O) groups excluding carboxylic acids is 2. The molecule has 1 aromatic heterocycles. The maximum atomic E-state index is 13.6. The molecule has 0 aliphatic rings. The largest absolute Gasteiger partial charge is 0.465 e. The van der Waals surface area contributed by atoms with Crippen molar-refractivity contribution in [2.75, 3.05) is 7.05 Å². The van der Waals surface area contributed by atoms with Gasteiger partial charge in [0.15, 0.2) is 0 Å². The summed E-state index contributed by atoms with van der Waals surface area (Å²) in [4.78, 5) is 44.4. The summed E-state index contributed by atoms with van der Waals surface area (Å²) in [6, 6.07) is 16.4. The number of rotatable bonds is 16. The van der Waals surface area contributed by atoms with Gasteiger partial charge < -0.3 is 31.1 Å². The topological polar surface area (TPSA) is 144 Å². The second-order valence-corrected chi connectivity index (χ2v) is 12.3.